The van der Waals surface area contributed by atoms with E-state index in [0.717, 1.165) is 70.6 Å². The second-order valence-electron chi connectivity index (χ2n) is 10.0. The molecule has 0 radical (unpaired) electrons. The Morgan fingerprint density at radius 2 is 1.95 bits per heavy atom. The summed E-state index contributed by atoms with van der Waals surface area (Å²) in [6.07, 6.45) is 2.66. The number of methoxy groups -OCH3 is 1. The highest BCUT2D eigenvalue weighted by Crippen LogP contribution is 2.34. The Kier molecular flexibility index (Phi) is 9.79. The molecule has 214 valence electrons. The molecule has 4 aromatic rings. The molecule has 5 N–H and O–H groups in total. The molecule has 1 aliphatic rings. The smallest absolute Gasteiger partial charge is 0.224 e. The molecule has 10 heteroatoms. The molecule has 5 rings (SSSR count). The van der Waals surface area contributed by atoms with Crippen molar-refractivity contribution in [2.75, 3.05) is 44.9 Å². The van der Waals surface area contributed by atoms with E-state index in [1.807, 2.05) is 25.2 Å². The minimum atomic E-state index is 0.166. The Bertz CT molecular complexity index is 1450. The van der Waals surface area contributed by atoms with E-state index in [4.69, 9.17) is 15.6 Å². The monoisotopic (exact) mass is 547 g/mol. The molecule has 1 aliphatic heterocycles. The zero-order chi connectivity index (χ0) is 28.6. The zero-order valence-corrected chi connectivity index (χ0v) is 23.9. The number of para-hydroxylation sites is 1. The van der Waals surface area contributed by atoms with E-state index in [-0.39, 0.29) is 24.5 Å². The number of unbranched alkanes of at least 4 members (excludes halogenated alkanes) is 1. The summed E-state index contributed by atoms with van der Waals surface area (Å²) >= 11 is 0. The number of nitrogen functional groups attached to an aromatic ring is 1. The van der Waals surface area contributed by atoms with Crippen LogP contribution in [0.15, 0.2) is 42.5 Å². The molecule has 2 aromatic heterocycles. The minimum absolute atomic E-state index is 0.166. The van der Waals surface area contributed by atoms with Crippen LogP contribution in [0.3, 0.4) is 0 Å². The number of nitrogens with two attached hydrogens (primary N) is 1. The molecule has 1 amide bonds. The summed E-state index contributed by atoms with van der Waals surface area (Å²) in [6, 6.07) is 14.7. The molecule has 10 nitrogen and oxygen atoms in total. The van der Waals surface area contributed by atoms with Gasteiger partial charge in [0, 0.05) is 56.7 Å². The second kappa shape index (κ2) is 13.5. The number of nitrogens with one attached hydrogen (secondary N) is 2. The Labute approximate surface area is 235 Å². The number of rotatable bonds is 10. The summed E-state index contributed by atoms with van der Waals surface area (Å²) in [4.78, 5) is 22.9. The number of carbonyl (C=O) groups excluding carboxylic acids is 1. The molecule has 1 saturated heterocycles. The fraction of sp³-hybridized carbons (Fsp3) is 0.433. The number of aliphatic hydroxyl groups is 1. The number of nitrogens with zero attached hydrogens (tertiary/aromatic N) is 4. The molecule has 2 aromatic carbocycles. The Balaban J connectivity index is 0.00000118. The fourth-order valence-corrected chi connectivity index (χ4v) is 5.11. The average Bonchev–Trinajstić information content (AvgIpc) is 3.44. The van der Waals surface area contributed by atoms with Gasteiger partial charge in [0.2, 0.25) is 11.9 Å². The van der Waals surface area contributed by atoms with Crippen LogP contribution in [0.4, 0.5) is 11.8 Å². The van der Waals surface area contributed by atoms with Crippen molar-refractivity contribution in [1.82, 2.24) is 24.8 Å². The van der Waals surface area contributed by atoms with Crippen LogP contribution in [-0.4, -0.2) is 70.3 Å². The third-order valence-electron chi connectivity index (χ3n) is 7.05. The van der Waals surface area contributed by atoms with Crippen LogP contribution in [0.5, 0.6) is 5.75 Å². The average molecular weight is 548 g/mol. The number of hydrogen-bond donors (Lipinski definition) is 4. The quantitative estimate of drug-likeness (QED) is 0.221. The number of carbonyl (C=O) groups is 1. The van der Waals surface area contributed by atoms with Gasteiger partial charge in [0.05, 0.1) is 19.2 Å². The van der Waals surface area contributed by atoms with Gasteiger partial charge in [-0.05, 0) is 37.1 Å². The fourth-order valence-electron chi connectivity index (χ4n) is 5.11. The van der Waals surface area contributed by atoms with Crippen LogP contribution in [0.1, 0.15) is 44.2 Å². The Morgan fingerprint density at radius 1 is 1.18 bits per heavy atom. The van der Waals surface area contributed by atoms with E-state index in [0.29, 0.717) is 19.5 Å². The molecule has 1 unspecified atom stereocenters. The zero-order valence-electron chi connectivity index (χ0n) is 23.9. The van der Waals surface area contributed by atoms with Crippen molar-refractivity contribution in [3.8, 4) is 5.75 Å². The van der Waals surface area contributed by atoms with Crippen LogP contribution in [0.25, 0.3) is 21.9 Å². The molecule has 1 atom stereocenters. The summed E-state index contributed by atoms with van der Waals surface area (Å²) < 4.78 is 8.00. The van der Waals surface area contributed by atoms with Gasteiger partial charge in [-0.25, -0.2) is 4.98 Å². The van der Waals surface area contributed by atoms with E-state index in [1.54, 1.807) is 18.9 Å². The van der Waals surface area contributed by atoms with Crippen LogP contribution < -0.4 is 21.1 Å². The van der Waals surface area contributed by atoms with Gasteiger partial charge in [0.1, 0.15) is 16.8 Å². The Morgan fingerprint density at radius 3 is 2.65 bits per heavy atom. The highest BCUT2D eigenvalue weighted by molar-refractivity contribution is 6.09. The lowest BCUT2D eigenvalue weighted by molar-refractivity contribution is -0.126. The lowest BCUT2D eigenvalue weighted by Gasteiger charge is -2.16. The van der Waals surface area contributed by atoms with Gasteiger partial charge in [-0.15, -0.1) is 0 Å². The summed E-state index contributed by atoms with van der Waals surface area (Å²) in [5.41, 5.74) is 11.2. The van der Waals surface area contributed by atoms with Gasteiger partial charge in [0.25, 0.3) is 0 Å². The number of fused-ring (bicyclic) bond motifs is 3. The SMILES string of the molecule is CCCCNc1nc(N)nc2c3ccccc3n(Cc3cc(CNC4CC(=O)N(C)C4)ccc3OC)c12.CCO. The van der Waals surface area contributed by atoms with Crippen molar-refractivity contribution < 1.29 is 14.6 Å². The van der Waals surface area contributed by atoms with Gasteiger partial charge in [-0.1, -0.05) is 37.6 Å². The number of anilines is 2. The normalized spacial score (nSPS) is 15.0. The van der Waals surface area contributed by atoms with Crippen LogP contribution in [0.2, 0.25) is 0 Å². The van der Waals surface area contributed by atoms with E-state index >= 15 is 0 Å². The number of amides is 1. The predicted octanol–water partition coefficient (Wildman–Crippen LogP) is 3.75. The highest BCUT2D eigenvalue weighted by Gasteiger charge is 2.26. The molecule has 40 heavy (non-hydrogen) atoms. The van der Waals surface area contributed by atoms with Crippen LogP contribution in [0, 0.1) is 0 Å². The molecule has 3 heterocycles. The van der Waals surface area contributed by atoms with Crippen molar-refractivity contribution in [3.63, 3.8) is 0 Å². The summed E-state index contributed by atoms with van der Waals surface area (Å²) in [6.45, 7) is 6.91. The van der Waals surface area contributed by atoms with Crippen molar-refractivity contribution >= 4 is 39.6 Å². The molecular weight excluding hydrogens is 506 g/mol. The number of likely N-dealkylation sites (tertiary alicyclic amines) is 1. The molecule has 0 spiro atoms. The molecule has 0 saturated carbocycles. The topological polar surface area (TPSA) is 131 Å². The number of hydrogen-bond acceptors (Lipinski definition) is 8. The van der Waals surface area contributed by atoms with Gasteiger partial charge < -0.3 is 35.7 Å². The summed E-state index contributed by atoms with van der Waals surface area (Å²) in [5, 5.41) is 15.6. The standard InChI is InChI=1S/C28H35N7O2.C2H6O/c1-4-5-12-30-27-26-25(32-28(29)33-27)21-8-6-7-9-22(21)35(26)16-19-13-18(10-11-23(19)37-3)15-31-20-14-24(36)34(2)17-20;1-2-3/h6-11,13,20,31H,4-5,12,14-17H2,1-3H3,(H3,29,30,32,33);3H,2H2,1H3. The lowest BCUT2D eigenvalue weighted by Crippen LogP contribution is -2.31. The molecule has 1 fully saturated rings. The Hall–Kier alpha value is -3.89. The predicted molar refractivity (Wildman–Crippen MR) is 161 cm³/mol. The van der Waals surface area contributed by atoms with E-state index in [9.17, 15) is 4.79 Å². The van der Waals surface area contributed by atoms with Crippen molar-refractivity contribution in [1.29, 1.82) is 0 Å². The summed E-state index contributed by atoms with van der Waals surface area (Å²) in [7, 11) is 3.55. The number of aliphatic hydroxyl groups excluding tert-OH is 1. The van der Waals surface area contributed by atoms with Gasteiger partial charge >= 0.3 is 0 Å². The van der Waals surface area contributed by atoms with Crippen LogP contribution in [-0.2, 0) is 17.9 Å². The second-order valence-corrected chi connectivity index (χ2v) is 10.0. The van der Waals surface area contributed by atoms with Gasteiger partial charge in [0.15, 0.2) is 5.82 Å². The van der Waals surface area contributed by atoms with Crippen molar-refractivity contribution in [2.45, 2.75) is 52.2 Å². The van der Waals surface area contributed by atoms with Gasteiger partial charge in [-0.3, -0.25) is 4.79 Å². The third kappa shape index (κ3) is 6.46. The van der Waals surface area contributed by atoms with Gasteiger partial charge in [-0.2, -0.15) is 4.98 Å². The summed E-state index contributed by atoms with van der Waals surface area (Å²) in [5.74, 6) is 2.02. The number of ether oxygens (including phenoxy) is 1. The molecular formula is C30H41N7O3. The number of benzene rings is 2. The lowest BCUT2D eigenvalue weighted by atomic mass is 10.1. The highest BCUT2D eigenvalue weighted by atomic mass is 16.5. The van der Waals surface area contributed by atoms with E-state index in [2.05, 4.69) is 56.4 Å². The minimum Gasteiger partial charge on any atom is -0.496 e. The number of aromatic nitrogens is 3. The first-order valence-electron chi connectivity index (χ1n) is 13.9. The maximum Gasteiger partial charge on any atom is 0.224 e. The maximum absolute atomic E-state index is 11.9. The van der Waals surface area contributed by atoms with Crippen molar-refractivity contribution in [2.24, 2.45) is 0 Å². The van der Waals surface area contributed by atoms with Crippen molar-refractivity contribution in [3.05, 3.63) is 53.6 Å². The third-order valence-corrected chi connectivity index (χ3v) is 7.05. The first kappa shape index (κ1) is 29.1. The van der Waals surface area contributed by atoms with Crippen LogP contribution >= 0.6 is 0 Å². The number of likely N-dealkylation sites (N-methyl/N-ethyl adjacent to an activating group) is 1. The van der Waals surface area contributed by atoms with E-state index < -0.39 is 0 Å². The largest absolute Gasteiger partial charge is 0.496 e. The molecule has 0 bridgehead atoms. The first-order chi connectivity index (χ1) is 19.4. The first-order valence-corrected chi connectivity index (χ1v) is 13.9. The molecule has 0 aliphatic carbocycles. The van der Waals surface area contributed by atoms with E-state index in [1.165, 1.54) is 0 Å². The maximum atomic E-state index is 11.9.